The van der Waals surface area contributed by atoms with E-state index >= 15 is 0 Å². The van der Waals surface area contributed by atoms with Crippen LogP contribution in [0.3, 0.4) is 0 Å². The van der Waals surface area contributed by atoms with E-state index in [9.17, 15) is 25.2 Å². The Morgan fingerprint density at radius 2 is 0.778 bits per heavy atom. The highest BCUT2D eigenvalue weighted by atomic mass is 16.3. The normalized spacial score (nSPS) is 14.3. The van der Waals surface area contributed by atoms with Gasteiger partial charge < -0.3 is 25.7 Å². The molecule has 0 saturated heterocycles. The zero-order chi connectivity index (χ0) is 39.6. The maximum absolute atomic E-state index is 12.5. The molecule has 5 N–H and O–H groups in total. The Morgan fingerprint density at radius 3 is 1.17 bits per heavy atom. The van der Waals surface area contributed by atoms with Crippen LogP contribution < -0.4 is 5.32 Å². The zero-order valence-corrected chi connectivity index (χ0v) is 36.0. The van der Waals surface area contributed by atoms with Crippen LogP contribution in [0.25, 0.3) is 0 Å². The average Bonchev–Trinajstić information content (AvgIpc) is 3.18. The molecule has 0 aromatic heterocycles. The first kappa shape index (κ1) is 52.8. The standard InChI is InChI=1S/C48H93NO5/c1-3-5-7-9-11-13-15-17-19-20-21-22-23-24-25-26-28-30-32-34-36-38-40-42-46(52)48(54)49-44(43-50)47(53)45(51)41-39-37-35-33-31-29-27-18-16-14-12-10-8-6-4-2/h18,27,33,35,44-47,50-53H,3-17,19-26,28-32,34,36-43H2,1-2H3,(H,49,54)/b27-18+,35-33+. The average molecular weight is 764 g/mol. The molecule has 6 nitrogen and oxygen atoms in total. The molecule has 0 fully saturated rings. The topological polar surface area (TPSA) is 110 Å². The summed E-state index contributed by atoms with van der Waals surface area (Å²) in [5.41, 5.74) is 0. The molecule has 54 heavy (non-hydrogen) atoms. The quantitative estimate of drug-likeness (QED) is 0.0314. The van der Waals surface area contributed by atoms with Crippen LogP contribution in [0.2, 0.25) is 0 Å². The first-order chi connectivity index (χ1) is 26.5. The van der Waals surface area contributed by atoms with E-state index in [0.717, 1.165) is 38.5 Å². The molecule has 0 aromatic carbocycles. The maximum Gasteiger partial charge on any atom is 0.249 e. The highest BCUT2D eigenvalue weighted by Gasteiger charge is 2.28. The second-order valence-electron chi connectivity index (χ2n) is 16.4. The number of aliphatic hydroxyl groups excluding tert-OH is 4. The molecule has 0 saturated carbocycles. The van der Waals surface area contributed by atoms with E-state index in [0.29, 0.717) is 19.3 Å². The Morgan fingerprint density at radius 1 is 0.444 bits per heavy atom. The molecule has 4 atom stereocenters. The SMILES string of the molecule is CCCCCCCC/C=C/CC/C=C/CCCC(O)C(O)C(CO)NC(=O)C(O)CCCCCCCCCCCCCCCCCCCCCCCCC. The van der Waals surface area contributed by atoms with Gasteiger partial charge in [0.15, 0.2) is 0 Å². The van der Waals surface area contributed by atoms with Gasteiger partial charge in [-0.05, 0) is 51.4 Å². The summed E-state index contributed by atoms with van der Waals surface area (Å²) in [6.07, 6.45) is 49.3. The second-order valence-corrected chi connectivity index (χ2v) is 16.4. The van der Waals surface area contributed by atoms with Crippen LogP contribution in [0.1, 0.15) is 245 Å². The van der Waals surface area contributed by atoms with Crippen LogP contribution >= 0.6 is 0 Å². The van der Waals surface area contributed by atoms with E-state index in [2.05, 4.69) is 43.5 Å². The number of allylic oxidation sites excluding steroid dienone is 4. The van der Waals surface area contributed by atoms with Gasteiger partial charge in [0.2, 0.25) is 5.91 Å². The van der Waals surface area contributed by atoms with Gasteiger partial charge in [0.1, 0.15) is 12.2 Å². The molecule has 320 valence electrons. The van der Waals surface area contributed by atoms with Crippen molar-refractivity contribution in [3.63, 3.8) is 0 Å². The third-order valence-corrected chi connectivity index (χ3v) is 11.1. The van der Waals surface area contributed by atoms with Crippen molar-refractivity contribution >= 4 is 5.91 Å². The van der Waals surface area contributed by atoms with Gasteiger partial charge in [0.05, 0.1) is 18.8 Å². The molecule has 0 spiro atoms. The van der Waals surface area contributed by atoms with Crippen LogP contribution in [0, 0.1) is 0 Å². The number of nitrogens with one attached hydrogen (secondary N) is 1. The lowest BCUT2D eigenvalue weighted by atomic mass is 10.00. The van der Waals surface area contributed by atoms with E-state index in [-0.39, 0.29) is 0 Å². The summed E-state index contributed by atoms with van der Waals surface area (Å²) in [5.74, 6) is -0.594. The van der Waals surface area contributed by atoms with Crippen molar-refractivity contribution in [3.8, 4) is 0 Å². The molecular formula is C48H93NO5. The van der Waals surface area contributed by atoms with Gasteiger partial charge in [-0.15, -0.1) is 0 Å². The van der Waals surface area contributed by atoms with Crippen molar-refractivity contribution in [3.05, 3.63) is 24.3 Å². The largest absolute Gasteiger partial charge is 0.394 e. The Hall–Kier alpha value is -1.21. The predicted octanol–water partition coefficient (Wildman–Crippen LogP) is 12.7. The van der Waals surface area contributed by atoms with Crippen molar-refractivity contribution in [2.75, 3.05) is 6.61 Å². The van der Waals surface area contributed by atoms with Crippen LogP contribution in [-0.4, -0.2) is 57.3 Å². The van der Waals surface area contributed by atoms with E-state index in [1.165, 1.54) is 173 Å². The molecule has 0 aliphatic rings. The maximum atomic E-state index is 12.5. The first-order valence-electron chi connectivity index (χ1n) is 23.7. The van der Waals surface area contributed by atoms with Gasteiger partial charge in [0.25, 0.3) is 0 Å². The van der Waals surface area contributed by atoms with Gasteiger partial charge in [-0.2, -0.15) is 0 Å². The molecule has 0 rings (SSSR count). The molecule has 1 amide bonds. The molecule has 0 bridgehead atoms. The molecule has 0 aliphatic carbocycles. The zero-order valence-electron chi connectivity index (χ0n) is 36.0. The lowest BCUT2D eigenvalue weighted by Gasteiger charge is -2.27. The second kappa shape index (κ2) is 42.9. The summed E-state index contributed by atoms with van der Waals surface area (Å²) in [7, 11) is 0. The monoisotopic (exact) mass is 764 g/mol. The predicted molar refractivity (Wildman–Crippen MR) is 233 cm³/mol. The molecule has 6 heteroatoms. The molecular weight excluding hydrogens is 671 g/mol. The van der Waals surface area contributed by atoms with Gasteiger partial charge in [-0.1, -0.05) is 218 Å². The van der Waals surface area contributed by atoms with Gasteiger partial charge in [0, 0.05) is 0 Å². The lowest BCUT2D eigenvalue weighted by molar-refractivity contribution is -0.132. The smallest absolute Gasteiger partial charge is 0.249 e. The minimum atomic E-state index is -1.29. The van der Waals surface area contributed by atoms with E-state index in [1.54, 1.807) is 0 Å². The summed E-state index contributed by atoms with van der Waals surface area (Å²) in [5, 5.41) is 43.7. The van der Waals surface area contributed by atoms with E-state index in [4.69, 9.17) is 0 Å². The summed E-state index contributed by atoms with van der Waals surface area (Å²) in [4.78, 5) is 12.5. The number of unbranched alkanes of at least 4 members (excludes halogenated alkanes) is 30. The number of carbonyl (C=O) groups excluding carboxylic acids is 1. The number of amides is 1. The number of aliphatic hydroxyl groups is 4. The number of hydrogen-bond donors (Lipinski definition) is 5. The number of rotatable bonds is 43. The number of carbonyl (C=O) groups is 1. The van der Waals surface area contributed by atoms with Crippen LogP contribution in [0.4, 0.5) is 0 Å². The van der Waals surface area contributed by atoms with Crippen molar-refractivity contribution in [1.29, 1.82) is 0 Å². The summed E-state index contributed by atoms with van der Waals surface area (Å²) < 4.78 is 0. The number of hydrogen-bond acceptors (Lipinski definition) is 5. The first-order valence-corrected chi connectivity index (χ1v) is 23.7. The van der Waals surface area contributed by atoms with E-state index in [1.807, 2.05) is 0 Å². The summed E-state index contributed by atoms with van der Waals surface area (Å²) >= 11 is 0. The third kappa shape index (κ3) is 36.4. The van der Waals surface area contributed by atoms with Crippen molar-refractivity contribution in [2.24, 2.45) is 0 Å². The van der Waals surface area contributed by atoms with Crippen LogP contribution in [-0.2, 0) is 4.79 Å². The highest BCUT2D eigenvalue weighted by molar-refractivity contribution is 5.80. The summed E-state index contributed by atoms with van der Waals surface area (Å²) in [6, 6.07) is -1.00. The highest BCUT2D eigenvalue weighted by Crippen LogP contribution is 2.17. The van der Waals surface area contributed by atoms with Crippen LogP contribution in [0.15, 0.2) is 24.3 Å². The van der Waals surface area contributed by atoms with Crippen LogP contribution in [0.5, 0.6) is 0 Å². The van der Waals surface area contributed by atoms with Crippen molar-refractivity contribution in [1.82, 2.24) is 5.32 Å². The fourth-order valence-corrected chi connectivity index (χ4v) is 7.36. The molecule has 4 unspecified atom stereocenters. The van der Waals surface area contributed by atoms with Gasteiger partial charge in [-0.3, -0.25) is 4.79 Å². The Kier molecular flexibility index (Phi) is 42.0. The third-order valence-electron chi connectivity index (χ3n) is 11.1. The fourth-order valence-electron chi connectivity index (χ4n) is 7.36. The minimum absolute atomic E-state index is 0.364. The lowest BCUT2D eigenvalue weighted by Crippen LogP contribution is -2.53. The fraction of sp³-hybridized carbons (Fsp3) is 0.896. The molecule has 0 radical (unpaired) electrons. The molecule has 0 aromatic rings. The van der Waals surface area contributed by atoms with Gasteiger partial charge in [-0.25, -0.2) is 0 Å². The van der Waals surface area contributed by atoms with Gasteiger partial charge >= 0.3 is 0 Å². The van der Waals surface area contributed by atoms with E-state index < -0.39 is 36.9 Å². The van der Waals surface area contributed by atoms with Crippen molar-refractivity contribution in [2.45, 2.75) is 269 Å². The molecule has 0 aliphatic heterocycles. The summed E-state index contributed by atoms with van der Waals surface area (Å²) in [6.45, 7) is 4.04. The Balaban J connectivity index is 3.70. The van der Waals surface area contributed by atoms with Crippen molar-refractivity contribution < 1.29 is 25.2 Å². The molecule has 0 heterocycles. The minimum Gasteiger partial charge on any atom is -0.394 e. The Bertz CT molecular complexity index is 817. The Labute approximate surface area is 335 Å².